The van der Waals surface area contributed by atoms with Crippen molar-refractivity contribution in [1.82, 2.24) is 19.6 Å². The van der Waals surface area contributed by atoms with Crippen molar-refractivity contribution in [3.05, 3.63) is 84.2 Å². The summed E-state index contributed by atoms with van der Waals surface area (Å²) >= 11 is 0. The molecule has 2 heterocycles. The number of carbonyl (C=O) groups excluding carboxylic acids is 1. The van der Waals surface area contributed by atoms with Crippen LogP contribution in [-0.4, -0.2) is 37.9 Å². The fourth-order valence-electron chi connectivity index (χ4n) is 4.66. The Morgan fingerprint density at radius 1 is 0.609 bits per heavy atom. The van der Waals surface area contributed by atoms with E-state index in [0.717, 1.165) is 24.3 Å². The average Bonchev–Trinajstić information content (AvgIpc) is 3.60. The summed E-state index contributed by atoms with van der Waals surface area (Å²) in [7, 11) is 0. The highest BCUT2D eigenvalue weighted by Crippen LogP contribution is 2.34. The van der Waals surface area contributed by atoms with Gasteiger partial charge in [0.1, 0.15) is 12.2 Å². The van der Waals surface area contributed by atoms with Crippen LogP contribution in [-0.2, 0) is 34.9 Å². The normalized spacial score (nSPS) is 14.2. The van der Waals surface area contributed by atoms with Crippen LogP contribution in [0.3, 0.4) is 0 Å². The van der Waals surface area contributed by atoms with Crippen molar-refractivity contribution in [1.29, 1.82) is 0 Å². The maximum absolute atomic E-state index is 13.3. The zero-order chi connectivity index (χ0) is 34.1. The highest BCUT2D eigenvalue weighted by molar-refractivity contribution is 5.62. The van der Waals surface area contributed by atoms with Crippen LogP contribution in [0.1, 0.15) is 52.7 Å². The molecule has 0 bridgehead atoms. The molecule has 0 aliphatic heterocycles. The van der Waals surface area contributed by atoms with E-state index in [9.17, 15) is 31.1 Å². The van der Waals surface area contributed by atoms with Crippen LogP contribution in [0.5, 0.6) is 0 Å². The number of carbonyl (C=O) groups is 1. The van der Waals surface area contributed by atoms with Gasteiger partial charge in [0.25, 0.3) is 0 Å². The van der Waals surface area contributed by atoms with E-state index < -0.39 is 52.7 Å². The third kappa shape index (κ3) is 8.49. The topological polar surface area (TPSA) is 71.2 Å². The summed E-state index contributed by atoms with van der Waals surface area (Å²) in [5, 5.41) is 8.64. The fourth-order valence-corrected chi connectivity index (χ4v) is 4.66. The van der Waals surface area contributed by atoms with Gasteiger partial charge in [0, 0.05) is 23.2 Å². The zero-order valence-corrected chi connectivity index (χ0v) is 26.3. The van der Waals surface area contributed by atoms with E-state index in [2.05, 4.69) is 10.2 Å². The Kier molecular flexibility index (Phi) is 9.65. The standard InChI is InChI=1S/C33H36F6N4O3/c1-30(2,3)27(19-42-25(15-17-40-42)21-7-11-23(12-8-21)32(34,35)36)45-29(44)46-28(31(4,5)6)20-43-26(16-18-41-43)22-9-13-24(14-10-22)33(37,38)39/h7-18,27-28H,19-20H2,1-6H3/t27-,28-/m1/s1. The van der Waals surface area contributed by atoms with E-state index in [1.807, 2.05) is 41.5 Å². The van der Waals surface area contributed by atoms with Gasteiger partial charge in [-0.05, 0) is 47.5 Å². The molecule has 0 saturated carbocycles. The van der Waals surface area contributed by atoms with E-state index >= 15 is 0 Å². The van der Waals surface area contributed by atoms with Crippen LogP contribution >= 0.6 is 0 Å². The van der Waals surface area contributed by atoms with Gasteiger partial charge < -0.3 is 9.47 Å². The van der Waals surface area contributed by atoms with Crippen molar-refractivity contribution in [2.24, 2.45) is 10.8 Å². The Hall–Kier alpha value is -4.29. The van der Waals surface area contributed by atoms with Gasteiger partial charge in [-0.1, -0.05) is 65.8 Å². The largest absolute Gasteiger partial charge is 0.508 e. The fraction of sp³-hybridized carbons (Fsp3) is 0.424. The van der Waals surface area contributed by atoms with Crippen molar-refractivity contribution >= 4 is 6.16 Å². The number of halogens is 6. The first-order valence-electron chi connectivity index (χ1n) is 14.5. The second kappa shape index (κ2) is 12.8. The van der Waals surface area contributed by atoms with Gasteiger partial charge in [-0.25, -0.2) is 4.79 Å². The van der Waals surface area contributed by atoms with Gasteiger partial charge in [0.2, 0.25) is 0 Å². The minimum Gasteiger partial charge on any atom is -0.428 e. The van der Waals surface area contributed by atoms with Crippen LogP contribution in [0.15, 0.2) is 73.1 Å². The molecule has 0 aliphatic rings. The Balaban J connectivity index is 1.50. The molecular weight excluding hydrogens is 614 g/mol. The highest BCUT2D eigenvalue weighted by Gasteiger charge is 2.35. The summed E-state index contributed by atoms with van der Waals surface area (Å²) in [5.74, 6) is 0. The van der Waals surface area contributed by atoms with Gasteiger partial charge in [-0.3, -0.25) is 9.36 Å². The molecule has 2 aromatic carbocycles. The van der Waals surface area contributed by atoms with Gasteiger partial charge in [0.05, 0.1) is 35.6 Å². The van der Waals surface area contributed by atoms with Gasteiger partial charge in [0.15, 0.2) is 0 Å². The molecule has 0 saturated heterocycles. The third-order valence-corrected chi connectivity index (χ3v) is 7.54. The SMILES string of the molecule is CC(C)(C)[C@@H](Cn1nccc1-c1ccc(C(F)(F)F)cc1)OC(=O)O[C@H](Cn1nccc1-c1ccc(C(F)(F)F)cc1)C(C)(C)C. The average molecular weight is 651 g/mol. The van der Waals surface area contributed by atoms with Gasteiger partial charge in [-0.2, -0.15) is 36.5 Å². The molecule has 0 spiro atoms. The highest BCUT2D eigenvalue weighted by atomic mass is 19.4. The lowest BCUT2D eigenvalue weighted by Gasteiger charge is -2.33. The summed E-state index contributed by atoms with van der Waals surface area (Å²) < 4.78 is 93.2. The van der Waals surface area contributed by atoms with Gasteiger partial charge in [-0.15, -0.1) is 0 Å². The smallest absolute Gasteiger partial charge is 0.428 e. The molecule has 0 unspecified atom stereocenters. The lowest BCUT2D eigenvalue weighted by atomic mass is 9.88. The summed E-state index contributed by atoms with van der Waals surface area (Å²) in [5.41, 5.74) is -0.599. The number of benzene rings is 2. The van der Waals surface area contributed by atoms with Crippen molar-refractivity contribution in [2.45, 2.75) is 79.2 Å². The number of ether oxygens (including phenoxy) is 2. The molecule has 0 fully saturated rings. The molecule has 46 heavy (non-hydrogen) atoms. The van der Waals surface area contributed by atoms with E-state index in [-0.39, 0.29) is 13.1 Å². The summed E-state index contributed by atoms with van der Waals surface area (Å²) in [6, 6.07) is 12.8. The summed E-state index contributed by atoms with van der Waals surface area (Å²) in [6.07, 6.45) is -8.33. The Bertz CT molecular complexity index is 1490. The number of alkyl halides is 6. The first-order chi connectivity index (χ1) is 21.2. The number of rotatable bonds is 8. The van der Waals surface area contributed by atoms with Gasteiger partial charge >= 0.3 is 18.5 Å². The maximum Gasteiger partial charge on any atom is 0.508 e. The minimum atomic E-state index is -4.46. The van der Waals surface area contributed by atoms with Crippen molar-refractivity contribution in [3.63, 3.8) is 0 Å². The Morgan fingerprint density at radius 3 is 1.22 bits per heavy atom. The van der Waals surface area contributed by atoms with Crippen molar-refractivity contribution in [3.8, 4) is 22.5 Å². The molecular formula is C33H36F6N4O3. The van der Waals surface area contributed by atoms with Crippen LogP contribution in [0.25, 0.3) is 22.5 Å². The molecule has 0 amide bonds. The van der Waals surface area contributed by atoms with Crippen LogP contribution in [0.4, 0.5) is 31.1 Å². The number of nitrogens with zero attached hydrogens (tertiary/aromatic N) is 4. The molecule has 4 rings (SSSR count). The number of aromatic nitrogens is 4. The number of hydrogen-bond acceptors (Lipinski definition) is 5. The molecule has 7 nitrogen and oxygen atoms in total. The van der Waals surface area contributed by atoms with Crippen LogP contribution in [0, 0.1) is 10.8 Å². The van der Waals surface area contributed by atoms with Crippen molar-refractivity contribution in [2.75, 3.05) is 0 Å². The first-order valence-corrected chi connectivity index (χ1v) is 14.5. The molecule has 0 aliphatic carbocycles. The second-order valence-electron chi connectivity index (χ2n) is 13.1. The molecule has 2 atom stereocenters. The van der Waals surface area contributed by atoms with Crippen LogP contribution in [0.2, 0.25) is 0 Å². The molecule has 13 heteroatoms. The van der Waals surface area contributed by atoms with Crippen molar-refractivity contribution < 1.29 is 40.6 Å². The number of hydrogen-bond donors (Lipinski definition) is 0. The maximum atomic E-state index is 13.3. The predicted octanol–water partition coefficient (Wildman–Crippen LogP) is 9.13. The quantitative estimate of drug-likeness (QED) is 0.141. The molecule has 0 N–H and O–H groups in total. The molecule has 4 aromatic rings. The zero-order valence-electron chi connectivity index (χ0n) is 26.3. The summed E-state index contributed by atoms with van der Waals surface area (Å²) in [6.45, 7) is 11.4. The summed E-state index contributed by atoms with van der Waals surface area (Å²) in [4.78, 5) is 13.3. The predicted molar refractivity (Wildman–Crippen MR) is 159 cm³/mol. The monoisotopic (exact) mass is 650 g/mol. The van der Waals surface area contributed by atoms with E-state index in [1.54, 1.807) is 21.5 Å². The Morgan fingerprint density at radius 2 is 0.935 bits per heavy atom. The molecule has 248 valence electrons. The lowest BCUT2D eigenvalue weighted by molar-refractivity contribution is -0.138. The van der Waals surface area contributed by atoms with E-state index in [4.69, 9.17) is 9.47 Å². The Labute approximate surface area is 263 Å². The minimum absolute atomic E-state index is 0.0966. The molecule has 2 aromatic heterocycles. The van der Waals surface area contributed by atoms with E-state index in [1.165, 1.54) is 36.7 Å². The first kappa shape index (κ1) is 34.6. The second-order valence-corrected chi connectivity index (χ2v) is 13.1. The van der Waals surface area contributed by atoms with Crippen LogP contribution < -0.4 is 0 Å². The molecule has 0 radical (unpaired) electrons. The lowest BCUT2D eigenvalue weighted by Crippen LogP contribution is -2.40. The van der Waals surface area contributed by atoms with E-state index in [0.29, 0.717) is 22.5 Å². The third-order valence-electron chi connectivity index (χ3n) is 7.54.